The summed E-state index contributed by atoms with van der Waals surface area (Å²) < 4.78 is 63.1. The number of hydrogen-bond donors (Lipinski definition) is 0. The highest BCUT2D eigenvalue weighted by molar-refractivity contribution is 7.81. The van der Waals surface area contributed by atoms with Crippen LogP contribution < -0.4 is 0 Å². The Bertz CT molecular complexity index is 216. The number of alkyl halides is 3. The minimum absolute atomic E-state index is 0.128. The molecule has 0 bridgehead atoms. The predicted octanol–water partition coefficient (Wildman–Crippen LogP) is 0.889. The molecule has 0 amide bonds. The van der Waals surface area contributed by atoms with E-state index in [1.807, 2.05) is 0 Å². The normalized spacial score (nSPS) is 12.3. The van der Waals surface area contributed by atoms with Crippen LogP contribution in [0.4, 0.5) is 13.2 Å². The van der Waals surface area contributed by atoms with Crippen LogP contribution in [0.1, 0.15) is 6.42 Å². The smallest absolute Gasteiger partial charge is 0.251 e. The summed E-state index contributed by atoms with van der Waals surface area (Å²) in [5.41, 5.74) is 0. The van der Waals surface area contributed by atoms with E-state index in [1.54, 1.807) is 0 Å². The molecule has 0 aliphatic rings. The molecule has 4 nitrogen and oxygen atoms in total. The molecule has 0 aromatic rings. The fourth-order valence-electron chi connectivity index (χ4n) is 0.384. The third kappa shape index (κ3) is 8.00. The second-order valence-electron chi connectivity index (χ2n) is 1.95. The fraction of sp³-hybridized carbons (Fsp3) is 1.00. The summed E-state index contributed by atoms with van der Waals surface area (Å²) in [5.74, 6) is 0. The maximum Gasteiger partial charge on any atom is 0.400 e. The van der Waals surface area contributed by atoms with Crippen LogP contribution in [0.2, 0.25) is 0 Å². The van der Waals surface area contributed by atoms with Gasteiger partial charge in [0.1, 0.15) is 6.61 Å². The standard InChI is InChI=1S/C5H9F3O4S/c6-2-1-3-11-13(9,10)12-4-5(7)8/h5H,1-4H2. The van der Waals surface area contributed by atoms with E-state index in [4.69, 9.17) is 0 Å². The second kappa shape index (κ2) is 6.17. The van der Waals surface area contributed by atoms with Crippen molar-refractivity contribution in [3.63, 3.8) is 0 Å². The molecule has 80 valence electrons. The average molecular weight is 222 g/mol. The molecule has 0 aromatic carbocycles. The summed E-state index contributed by atoms with van der Waals surface area (Å²) in [6, 6.07) is 0. The first-order chi connectivity index (χ1) is 5.98. The monoisotopic (exact) mass is 222 g/mol. The molecule has 0 N–H and O–H groups in total. The molecule has 0 heterocycles. The number of hydrogen-bond acceptors (Lipinski definition) is 4. The summed E-state index contributed by atoms with van der Waals surface area (Å²) in [4.78, 5) is 0. The third-order valence-corrected chi connectivity index (χ3v) is 1.72. The lowest BCUT2D eigenvalue weighted by Gasteiger charge is -2.03. The Morgan fingerprint density at radius 1 is 1.23 bits per heavy atom. The Morgan fingerprint density at radius 3 is 2.31 bits per heavy atom. The van der Waals surface area contributed by atoms with Crippen molar-refractivity contribution >= 4 is 10.4 Å². The minimum Gasteiger partial charge on any atom is -0.251 e. The molecule has 0 aliphatic carbocycles. The van der Waals surface area contributed by atoms with E-state index in [0.29, 0.717) is 0 Å². The van der Waals surface area contributed by atoms with Crippen LogP contribution in [0.25, 0.3) is 0 Å². The van der Waals surface area contributed by atoms with Gasteiger partial charge in [-0.2, -0.15) is 8.42 Å². The van der Waals surface area contributed by atoms with Gasteiger partial charge in [0, 0.05) is 6.42 Å². The summed E-state index contributed by atoms with van der Waals surface area (Å²) >= 11 is 0. The largest absolute Gasteiger partial charge is 0.400 e. The van der Waals surface area contributed by atoms with Crippen LogP contribution in [0.3, 0.4) is 0 Å². The van der Waals surface area contributed by atoms with Crippen molar-refractivity contribution in [2.75, 3.05) is 19.9 Å². The molecular formula is C5H9F3O4S. The number of rotatable bonds is 7. The Balaban J connectivity index is 3.68. The van der Waals surface area contributed by atoms with Crippen LogP contribution in [0, 0.1) is 0 Å². The van der Waals surface area contributed by atoms with E-state index < -0.39 is 36.7 Å². The molecule has 0 saturated carbocycles. The van der Waals surface area contributed by atoms with Crippen molar-refractivity contribution in [1.82, 2.24) is 0 Å². The molecule has 0 aliphatic heterocycles. The SMILES string of the molecule is O=S(=O)(OCCCF)OCC(F)F. The van der Waals surface area contributed by atoms with Crippen molar-refractivity contribution < 1.29 is 30.0 Å². The van der Waals surface area contributed by atoms with Gasteiger partial charge in [0.15, 0.2) is 0 Å². The van der Waals surface area contributed by atoms with Crippen LogP contribution in [-0.4, -0.2) is 34.7 Å². The van der Waals surface area contributed by atoms with Crippen molar-refractivity contribution in [3.05, 3.63) is 0 Å². The average Bonchev–Trinajstić information content (AvgIpc) is 2.02. The van der Waals surface area contributed by atoms with E-state index in [1.165, 1.54) is 0 Å². The van der Waals surface area contributed by atoms with Gasteiger partial charge in [0.25, 0.3) is 6.43 Å². The van der Waals surface area contributed by atoms with Crippen LogP contribution in [0.5, 0.6) is 0 Å². The van der Waals surface area contributed by atoms with Gasteiger partial charge < -0.3 is 0 Å². The van der Waals surface area contributed by atoms with E-state index in [-0.39, 0.29) is 6.42 Å². The van der Waals surface area contributed by atoms with Gasteiger partial charge in [-0.15, -0.1) is 0 Å². The van der Waals surface area contributed by atoms with Crippen molar-refractivity contribution in [1.29, 1.82) is 0 Å². The molecule has 0 atom stereocenters. The Hall–Kier alpha value is -0.340. The molecule has 0 fully saturated rings. The first-order valence-corrected chi connectivity index (χ1v) is 4.69. The molecule has 8 heteroatoms. The van der Waals surface area contributed by atoms with Gasteiger partial charge in [0.05, 0.1) is 13.3 Å². The zero-order valence-corrected chi connectivity index (χ0v) is 7.40. The second-order valence-corrected chi connectivity index (χ2v) is 3.24. The summed E-state index contributed by atoms with van der Waals surface area (Å²) in [5, 5.41) is 0. The number of halogens is 3. The van der Waals surface area contributed by atoms with Crippen LogP contribution in [0.15, 0.2) is 0 Å². The maximum atomic E-state index is 11.4. The van der Waals surface area contributed by atoms with Gasteiger partial charge in [-0.05, 0) is 0 Å². The molecule has 0 aromatic heterocycles. The van der Waals surface area contributed by atoms with Crippen LogP contribution >= 0.6 is 0 Å². The Labute approximate surface area is 74.0 Å². The zero-order valence-electron chi connectivity index (χ0n) is 6.58. The summed E-state index contributed by atoms with van der Waals surface area (Å²) in [6.07, 6.45) is -3.02. The first kappa shape index (κ1) is 12.7. The zero-order chi connectivity index (χ0) is 10.3. The molecule has 13 heavy (non-hydrogen) atoms. The van der Waals surface area contributed by atoms with Gasteiger partial charge in [-0.25, -0.2) is 17.1 Å². The van der Waals surface area contributed by atoms with E-state index >= 15 is 0 Å². The van der Waals surface area contributed by atoms with Gasteiger partial charge >= 0.3 is 10.4 Å². The molecule has 0 radical (unpaired) electrons. The lowest BCUT2D eigenvalue weighted by atomic mass is 10.5. The lowest BCUT2D eigenvalue weighted by Crippen LogP contribution is -2.15. The topological polar surface area (TPSA) is 52.6 Å². The maximum absolute atomic E-state index is 11.4. The fourth-order valence-corrected chi connectivity index (χ4v) is 1.04. The van der Waals surface area contributed by atoms with Gasteiger partial charge in [-0.1, -0.05) is 0 Å². The molecule has 0 rings (SSSR count). The van der Waals surface area contributed by atoms with Crippen molar-refractivity contribution in [2.45, 2.75) is 12.8 Å². The van der Waals surface area contributed by atoms with E-state index in [9.17, 15) is 21.6 Å². The van der Waals surface area contributed by atoms with E-state index in [2.05, 4.69) is 8.37 Å². The summed E-state index contributed by atoms with van der Waals surface area (Å²) in [7, 11) is -4.40. The Morgan fingerprint density at radius 2 is 1.85 bits per heavy atom. The predicted molar refractivity (Wildman–Crippen MR) is 37.4 cm³/mol. The van der Waals surface area contributed by atoms with Crippen molar-refractivity contribution in [3.8, 4) is 0 Å². The third-order valence-electron chi connectivity index (χ3n) is 0.844. The first-order valence-electron chi connectivity index (χ1n) is 3.36. The molecule has 0 saturated heterocycles. The highest BCUT2D eigenvalue weighted by Crippen LogP contribution is 2.01. The summed E-state index contributed by atoms with van der Waals surface area (Å²) in [6.45, 7) is -2.41. The molecular weight excluding hydrogens is 213 g/mol. The van der Waals surface area contributed by atoms with Crippen molar-refractivity contribution in [2.24, 2.45) is 0 Å². The lowest BCUT2D eigenvalue weighted by molar-refractivity contribution is 0.0729. The Kier molecular flexibility index (Phi) is 6.00. The van der Waals surface area contributed by atoms with Gasteiger partial charge in [0.2, 0.25) is 0 Å². The minimum atomic E-state index is -4.40. The highest BCUT2D eigenvalue weighted by atomic mass is 32.3. The highest BCUT2D eigenvalue weighted by Gasteiger charge is 2.14. The molecule has 0 unspecified atom stereocenters. The quantitative estimate of drug-likeness (QED) is 0.600. The van der Waals surface area contributed by atoms with Crippen LogP contribution in [-0.2, 0) is 18.8 Å². The van der Waals surface area contributed by atoms with E-state index in [0.717, 1.165) is 0 Å². The molecule has 0 spiro atoms. The van der Waals surface area contributed by atoms with Gasteiger partial charge in [-0.3, -0.25) is 4.39 Å².